The van der Waals surface area contributed by atoms with Gasteiger partial charge in [-0.1, -0.05) is 19.8 Å². The van der Waals surface area contributed by atoms with Crippen LogP contribution < -0.4 is 15.4 Å². The second kappa shape index (κ2) is 8.78. The van der Waals surface area contributed by atoms with Crippen molar-refractivity contribution in [1.82, 2.24) is 10.3 Å². The van der Waals surface area contributed by atoms with Crippen LogP contribution in [-0.4, -0.2) is 24.5 Å². The van der Waals surface area contributed by atoms with E-state index in [-0.39, 0.29) is 5.91 Å². The Kier molecular flexibility index (Phi) is 6.41. The number of hydrogen-bond acceptors (Lipinski definition) is 4. The molecular weight excluding hydrogens is 290 g/mol. The van der Waals surface area contributed by atoms with Crippen LogP contribution in [0.15, 0.2) is 42.6 Å². The molecule has 0 aliphatic carbocycles. The molecule has 2 rings (SSSR count). The van der Waals surface area contributed by atoms with Crippen molar-refractivity contribution in [2.24, 2.45) is 0 Å². The number of hydrogen-bond donors (Lipinski definition) is 2. The maximum Gasteiger partial charge on any atom is 0.252 e. The molecule has 5 heteroatoms. The van der Waals surface area contributed by atoms with Gasteiger partial charge < -0.3 is 15.4 Å². The van der Waals surface area contributed by atoms with E-state index in [9.17, 15) is 4.79 Å². The van der Waals surface area contributed by atoms with Crippen molar-refractivity contribution in [2.75, 3.05) is 19.0 Å². The van der Waals surface area contributed by atoms with Gasteiger partial charge in [-0.3, -0.25) is 4.79 Å². The number of rotatable bonds is 8. The highest BCUT2D eigenvalue weighted by molar-refractivity contribution is 5.94. The maximum absolute atomic E-state index is 12.0. The van der Waals surface area contributed by atoms with Crippen LogP contribution >= 0.6 is 0 Å². The number of carbonyl (C=O) groups excluding carboxylic acids is 1. The van der Waals surface area contributed by atoms with Crippen molar-refractivity contribution in [3.05, 3.63) is 48.2 Å². The third-order valence-corrected chi connectivity index (χ3v) is 3.45. The van der Waals surface area contributed by atoms with Crippen molar-refractivity contribution >= 4 is 17.4 Å². The van der Waals surface area contributed by atoms with Crippen molar-refractivity contribution in [3.63, 3.8) is 0 Å². The standard InChI is InChI=1S/C18H23N3O2/c1-3-4-5-12-19-18(22)14-6-11-17(20-13-14)21-15-7-9-16(23-2)10-8-15/h6-11,13H,3-5,12H2,1-2H3,(H,19,22)(H,20,21). The minimum Gasteiger partial charge on any atom is -0.497 e. The van der Waals surface area contributed by atoms with Gasteiger partial charge in [-0.25, -0.2) is 4.98 Å². The Morgan fingerprint density at radius 1 is 1.13 bits per heavy atom. The van der Waals surface area contributed by atoms with Crippen LogP contribution in [0.3, 0.4) is 0 Å². The lowest BCUT2D eigenvalue weighted by Crippen LogP contribution is -2.24. The lowest BCUT2D eigenvalue weighted by atomic mass is 10.2. The fraction of sp³-hybridized carbons (Fsp3) is 0.333. The molecule has 2 aromatic rings. The van der Waals surface area contributed by atoms with Crippen LogP contribution in [0.5, 0.6) is 5.75 Å². The van der Waals surface area contributed by atoms with E-state index in [1.54, 1.807) is 25.4 Å². The molecule has 23 heavy (non-hydrogen) atoms. The van der Waals surface area contributed by atoms with E-state index < -0.39 is 0 Å². The van der Waals surface area contributed by atoms with Gasteiger partial charge in [0.1, 0.15) is 11.6 Å². The predicted octanol–water partition coefficient (Wildman–Crippen LogP) is 3.75. The summed E-state index contributed by atoms with van der Waals surface area (Å²) >= 11 is 0. The monoisotopic (exact) mass is 313 g/mol. The smallest absolute Gasteiger partial charge is 0.252 e. The molecule has 0 fully saturated rings. The molecule has 0 aliphatic heterocycles. The van der Waals surface area contributed by atoms with Gasteiger partial charge in [0.15, 0.2) is 0 Å². The van der Waals surface area contributed by atoms with Crippen molar-refractivity contribution in [3.8, 4) is 5.75 Å². The van der Waals surface area contributed by atoms with Crippen LogP contribution in [0.25, 0.3) is 0 Å². The highest BCUT2D eigenvalue weighted by atomic mass is 16.5. The van der Waals surface area contributed by atoms with Gasteiger partial charge in [0.2, 0.25) is 0 Å². The Hall–Kier alpha value is -2.56. The molecule has 2 N–H and O–H groups in total. The molecule has 0 saturated heterocycles. The van der Waals surface area contributed by atoms with Gasteiger partial charge >= 0.3 is 0 Å². The number of unbranched alkanes of at least 4 members (excludes halogenated alkanes) is 2. The number of nitrogens with zero attached hydrogens (tertiary/aromatic N) is 1. The Bertz CT molecular complexity index is 609. The molecule has 0 bridgehead atoms. The largest absolute Gasteiger partial charge is 0.497 e. The molecule has 122 valence electrons. The summed E-state index contributed by atoms with van der Waals surface area (Å²) in [5, 5.41) is 6.09. The molecule has 1 heterocycles. The van der Waals surface area contributed by atoms with Gasteiger partial charge in [-0.2, -0.15) is 0 Å². The van der Waals surface area contributed by atoms with Crippen molar-refractivity contribution in [1.29, 1.82) is 0 Å². The van der Waals surface area contributed by atoms with Gasteiger partial charge in [-0.05, 0) is 42.8 Å². The normalized spacial score (nSPS) is 10.2. The average molecular weight is 313 g/mol. The molecule has 1 amide bonds. The number of methoxy groups -OCH3 is 1. The van der Waals surface area contributed by atoms with Crippen molar-refractivity contribution < 1.29 is 9.53 Å². The quantitative estimate of drug-likeness (QED) is 0.729. The van der Waals surface area contributed by atoms with Crippen LogP contribution in [0.2, 0.25) is 0 Å². The summed E-state index contributed by atoms with van der Waals surface area (Å²) in [6, 6.07) is 11.1. The summed E-state index contributed by atoms with van der Waals surface area (Å²) in [7, 11) is 1.63. The lowest BCUT2D eigenvalue weighted by molar-refractivity contribution is 0.0952. The average Bonchev–Trinajstić information content (AvgIpc) is 2.60. The van der Waals surface area contributed by atoms with Gasteiger partial charge in [0.05, 0.1) is 12.7 Å². The summed E-state index contributed by atoms with van der Waals surface area (Å²) < 4.78 is 5.12. The zero-order valence-corrected chi connectivity index (χ0v) is 13.6. The molecule has 0 atom stereocenters. The van der Waals surface area contributed by atoms with E-state index in [1.165, 1.54) is 0 Å². The molecule has 1 aromatic heterocycles. The fourth-order valence-electron chi connectivity index (χ4n) is 2.10. The summed E-state index contributed by atoms with van der Waals surface area (Å²) in [4.78, 5) is 16.2. The molecule has 5 nitrogen and oxygen atoms in total. The van der Waals surface area contributed by atoms with E-state index in [2.05, 4.69) is 22.5 Å². The van der Waals surface area contributed by atoms with Gasteiger partial charge in [0.25, 0.3) is 5.91 Å². The van der Waals surface area contributed by atoms with E-state index in [0.29, 0.717) is 17.9 Å². The maximum atomic E-state index is 12.0. The molecule has 1 aromatic carbocycles. The topological polar surface area (TPSA) is 63.2 Å². The highest BCUT2D eigenvalue weighted by Crippen LogP contribution is 2.18. The Balaban J connectivity index is 1.89. The second-order valence-electron chi connectivity index (χ2n) is 5.25. The lowest BCUT2D eigenvalue weighted by Gasteiger charge is -2.08. The molecular formula is C18H23N3O2. The van der Waals surface area contributed by atoms with Crippen LogP contribution in [0.4, 0.5) is 11.5 Å². The molecule has 0 radical (unpaired) electrons. The predicted molar refractivity (Wildman–Crippen MR) is 92.4 cm³/mol. The summed E-state index contributed by atoms with van der Waals surface area (Å²) in [6.45, 7) is 2.85. The Labute approximate surface area is 137 Å². The minimum absolute atomic E-state index is 0.0791. The third-order valence-electron chi connectivity index (χ3n) is 3.45. The van der Waals surface area contributed by atoms with E-state index >= 15 is 0 Å². The fourth-order valence-corrected chi connectivity index (χ4v) is 2.10. The summed E-state index contributed by atoms with van der Waals surface area (Å²) in [5.74, 6) is 1.42. The number of carbonyl (C=O) groups is 1. The number of nitrogens with one attached hydrogen (secondary N) is 2. The number of benzene rings is 1. The van der Waals surface area contributed by atoms with Crippen LogP contribution in [0.1, 0.15) is 36.5 Å². The zero-order chi connectivity index (χ0) is 16.5. The van der Waals surface area contributed by atoms with Gasteiger partial charge in [-0.15, -0.1) is 0 Å². The number of aromatic nitrogens is 1. The number of anilines is 2. The summed E-state index contributed by atoms with van der Waals surface area (Å²) in [5.41, 5.74) is 1.48. The number of pyridine rings is 1. The first-order chi connectivity index (χ1) is 11.2. The van der Waals surface area contributed by atoms with E-state index in [4.69, 9.17) is 4.74 Å². The van der Waals surface area contributed by atoms with Crippen LogP contribution in [-0.2, 0) is 0 Å². The second-order valence-corrected chi connectivity index (χ2v) is 5.25. The Morgan fingerprint density at radius 2 is 1.91 bits per heavy atom. The van der Waals surface area contributed by atoms with E-state index in [1.807, 2.05) is 24.3 Å². The molecule has 0 aliphatic rings. The first-order valence-corrected chi connectivity index (χ1v) is 7.88. The van der Waals surface area contributed by atoms with Gasteiger partial charge in [0, 0.05) is 18.4 Å². The molecule has 0 spiro atoms. The van der Waals surface area contributed by atoms with Crippen LogP contribution in [0, 0.1) is 0 Å². The van der Waals surface area contributed by atoms with Crippen molar-refractivity contribution in [2.45, 2.75) is 26.2 Å². The zero-order valence-electron chi connectivity index (χ0n) is 13.6. The van der Waals surface area contributed by atoms with E-state index in [0.717, 1.165) is 30.7 Å². The highest BCUT2D eigenvalue weighted by Gasteiger charge is 2.05. The first-order valence-electron chi connectivity index (χ1n) is 7.88. The third kappa shape index (κ3) is 5.29. The summed E-state index contributed by atoms with van der Waals surface area (Å²) in [6.07, 6.45) is 4.86. The first kappa shape index (κ1) is 16.8. The Morgan fingerprint density at radius 3 is 2.52 bits per heavy atom. The molecule has 0 saturated carbocycles. The minimum atomic E-state index is -0.0791. The number of ether oxygens (including phenoxy) is 1. The number of amides is 1. The molecule has 0 unspecified atom stereocenters. The SMILES string of the molecule is CCCCCNC(=O)c1ccc(Nc2ccc(OC)cc2)nc1.